The first kappa shape index (κ1) is 33.8. The molecule has 0 unspecified atom stereocenters. The Labute approximate surface area is 278 Å². The third-order valence-corrected chi connectivity index (χ3v) is 10.1. The molecule has 0 spiro atoms. The number of aliphatic imine (C=N–C) groups is 1. The number of hydrogen-bond acceptors (Lipinski definition) is 7. The third kappa shape index (κ3) is 7.88. The second-order valence-corrected chi connectivity index (χ2v) is 15.5. The smallest absolute Gasteiger partial charge is 0.296 e. The molecule has 0 saturated carbocycles. The molecule has 3 aromatic carbocycles. The van der Waals surface area contributed by atoms with E-state index < -0.39 is 10.1 Å². The van der Waals surface area contributed by atoms with Crippen molar-refractivity contribution in [3.05, 3.63) is 92.0 Å². The maximum Gasteiger partial charge on any atom is 0.296 e. The van der Waals surface area contributed by atoms with Crippen LogP contribution in [-0.4, -0.2) is 57.4 Å². The molecule has 0 atom stereocenters. The van der Waals surface area contributed by atoms with Crippen LogP contribution in [0.1, 0.15) is 30.5 Å². The predicted molar refractivity (Wildman–Crippen MR) is 175 cm³/mol. The molecule has 0 aliphatic carbocycles. The summed E-state index contributed by atoms with van der Waals surface area (Å²) in [5.41, 5.74) is 3.40. The maximum absolute atomic E-state index is 13.8. The lowest BCUT2D eigenvalue weighted by atomic mass is 9.89. The van der Waals surface area contributed by atoms with Crippen molar-refractivity contribution in [1.82, 2.24) is 9.78 Å². The summed E-state index contributed by atoms with van der Waals surface area (Å²) in [7, 11) is -3.64. The lowest BCUT2D eigenvalue weighted by molar-refractivity contribution is -0.119. The van der Waals surface area contributed by atoms with E-state index in [1.165, 1.54) is 0 Å². The van der Waals surface area contributed by atoms with E-state index in [1.54, 1.807) is 48.8 Å². The molecule has 7 rings (SSSR count). The van der Waals surface area contributed by atoms with Crippen molar-refractivity contribution < 1.29 is 30.9 Å². The molecular weight excluding hydrogens is 736 g/mol. The number of halogens is 4. The van der Waals surface area contributed by atoms with E-state index in [2.05, 4.69) is 48.9 Å². The van der Waals surface area contributed by atoms with Crippen LogP contribution in [-0.2, 0) is 36.9 Å². The monoisotopic (exact) mass is 767 g/mol. The fraction of sp³-hybridized carbons (Fsp3) is 0.375. The Kier molecular flexibility index (Phi) is 10.3. The number of nitrogens with zero attached hydrogens (tertiary/aromatic N) is 3. The number of fused-ring (bicyclic) bond motifs is 2. The zero-order valence-electron chi connectivity index (χ0n) is 25.0. The molecule has 0 radical (unpaired) electrons. The number of rotatable bonds is 6. The number of aryl methyl sites for hydroxylation is 1. The van der Waals surface area contributed by atoms with Crippen molar-refractivity contribution in [2.45, 2.75) is 38.8 Å². The molecule has 4 heterocycles. The first-order chi connectivity index (χ1) is 21.3. The minimum Gasteiger partial charge on any atom is -0.380 e. The SMILES string of the molecule is CC1(Cn2ncc3c(F)c(Br)ccc32)COC1.Cc1ccc(S(=O)(=O)OCC2(C)COC2)cc1.Fc1c(Br)ccc2c1C=NC2. The highest BCUT2D eigenvalue weighted by atomic mass is 79.9. The summed E-state index contributed by atoms with van der Waals surface area (Å²) in [4.78, 5) is 4.17. The van der Waals surface area contributed by atoms with E-state index in [0.717, 1.165) is 36.4 Å². The van der Waals surface area contributed by atoms with Gasteiger partial charge in [-0.3, -0.25) is 13.9 Å². The lowest BCUT2D eigenvalue weighted by Crippen LogP contribution is -2.44. The highest BCUT2D eigenvalue weighted by molar-refractivity contribution is 9.10. The Morgan fingerprint density at radius 2 is 1.53 bits per heavy atom. The van der Waals surface area contributed by atoms with Crippen LogP contribution >= 0.6 is 31.9 Å². The minimum atomic E-state index is -3.64. The molecule has 2 saturated heterocycles. The van der Waals surface area contributed by atoms with Gasteiger partial charge in [0.05, 0.1) is 77.1 Å². The standard InChI is InChI=1S/C12H12BrFN2O.C12H16O4S.C8H5BrFN/c1-12(6-17-7-12)5-16-10-3-2-9(13)11(14)8(10)4-15-16;1-10-3-5-11(6-4-10)17(13,14)16-9-12(2)7-15-8-12;9-7-2-1-5-3-11-4-6(5)8(7)10/h2-4H,5-7H2,1H3;3-6H,7-9H2,1-2H3;1-2,4H,3H2. The van der Waals surface area contributed by atoms with Crippen LogP contribution in [0.2, 0.25) is 0 Å². The highest BCUT2D eigenvalue weighted by Crippen LogP contribution is 2.32. The van der Waals surface area contributed by atoms with Crippen LogP contribution in [0.3, 0.4) is 0 Å². The van der Waals surface area contributed by atoms with E-state index in [9.17, 15) is 17.2 Å². The van der Waals surface area contributed by atoms with Gasteiger partial charge in [-0.1, -0.05) is 37.6 Å². The van der Waals surface area contributed by atoms with Gasteiger partial charge >= 0.3 is 0 Å². The van der Waals surface area contributed by atoms with Gasteiger partial charge in [0, 0.05) is 22.6 Å². The first-order valence-corrected chi connectivity index (χ1v) is 17.2. The van der Waals surface area contributed by atoms with E-state index in [-0.39, 0.29) is 34.0 Å². The second kappa shape index (κ2) is 13.7. The molecule has 45 heavy (non-hydrogen) atoms. The largest absolute Gasteiger partial charge is 0.380 e. The van der Waals surface area contributed by atoms with E-state index in [4.69, 9.17) is 13.7 Å². The van der Waals surface area contributed by atoms with Crippen LogP contribution < -0.4 is 0 Å². The van der Waals surface area contributed by atoms with Crippen LogP contribution in [0.4, 0.5) is 8.78 Å². The average Bonchev–Trinajstić information content (AvgIpc) is 3.63. The molecule has 2 fully saturated rings. The summed E-state index contributed by atoms with van der Waals surface area (Å²) in [6, 6.07) is 13.8. The Morgan fingerprint density at radius 1 is 0.911 bits per heavy atom. The second-order valence-electron chi connectivity index (χ2n) is 12.1. The molecular formula is C32H33Br2F2N3O5S. The van der Waals surface area contributed by atoms with Gasteiger partial charge in [-0.2, -0.15) is 13.5 Å². The van der Waals surface area contributed by atoms with Gasteiger partial charge in [0.15, 0.2) is 0 Å². The van der Waals surface area contributed by atoms with Gasteiger partial charge in [0.1, 0.15) is 11.6 Å². The Hall–Kier alpha value is -2.55. The fourth-order valence-corrected chi connectivity index (χ4v) is 6.51. The summed E-state index contributed by atoms with van der Waals surface area (Å²) in [5.74, 6) is -0.451. The fourth-order valence-electron chi connectivity index (χ4n) is 4.77. The molecule has 13 heteroatoms. The molecule has 4 aromatic rings. The number of benzene rings is 3. The van der Waals surface area contributed by atoms with Crippen molar-refractivity contribution in [2.75, 3.05) is 33.0 Å². The van der Waals surface area contributed by atoms with Crippen LogP contribution in [0.5, 0.6) is 0 Å². The van der Waals surface area contributed by atoms with Crippen molar-refractivity contribution in [2.24, 2.45) is 15.8 Å². The van der Waals surface area contributed by atoms with Crippen LogP contribution in [0.25, 0.3) is 10.9 Å². The van der Waals surface area contributed by atoms with Gasteiger partial charge in [-0.15, -0.1) is 0 Å². The molecule has 0 bridgehead atoms. The van der Waals surface area contributed by atoms with Crippen LogP contribution in [0.15, 0.2) is 73.6 Å². The molecule has 3 aliphatic rings. The molecule has 8 nitrogen and oxygen atoms in total. The number of ether oxygens (including phenoxy) is 2. The molecule has 0 amide bonds. The third-order valence-electron chi connectivity index (χ3n) is 7.62. The topological polar surface area (TPSA) is 92.0 Å². The summed E-state index contributed by atoms with van der Waals surface area (Å²) in [6.45, 7) is 10.1. The zero-order chi connectivity index (χ0) is 32.4. The summed E-state index contributed by atoms with van der Waals surface area (Å²) in [5, 5.41) is 4.82. The van der Waals surface area contributed by atoms with Crippen molar-refractivity contribution >= 4 is 59.1 Å². The van der Waals surface area contributed by atoms with Gasteiger partial charge in [0.2, 0.25) is 0 Å². The number of aromatic nitrogens is 2. The Morgan fingerprint density at radius 3 is 2.16 bits per heavy atom. The quantitative estimate of drug-likeness (QED) is 0.192. The van der Waals surface area contributed by atoms with E-state index in [1.807, 2.05) is 30.7 Å². The Bertz CT molecular complexity index is 1820. The van der Waals surface area contributed by atoms with E-state index >= 15 is 0 Å². The first-order valence-electron chi connectivity index (χ1n) is 14.2. The van der Waals surface area contributed by atoms with Gasteiger partial charge in [-0.05, 0) is 74.7 Å². The molecule has 1 aromatic heterocycles. The normalized spacial score (nSPS) is 17.3. The van der Waals surface area contributed by atoms with Gasteiger partial charge < -0.3 is 9.47 Å². The number of hydrogen-bond donors (Lipinski definition) is 0. The molecule has 240 valence electrons. The predicted octanol–water partition coefficient (Wildman–Crippen LogP) is 7.23. The van der Waals surface area contributed by atoms with Crippen LogP contribution in [0, 0.1) is 29.4 Å². The summed E-state index contributed by atoms with van der Waals surface area (Å²) in [6.07, 6.45) is 3.16. The highest BCUT2D eigenvalue weighted by Gasteiger charge is 2.36. The average molecular weight is 770 g/mol. The van der Waals surface area contributed by atoms with Crippen molar-refractivity contribution in [1.29, 1.82) is 0 Å². The van der Waals surface area contributed by atoms with Gasteiger partial charge in [0.25, 0.3) is 10.1 Å². The van der Waals surface area contributed by atoms with Gasteiger partial charge in [-0.25, -0.2) is 8.78 Å². The molecule has 0 N–H and O–H groups in total. The Balaban J connectivity index is 0.000000137. The zero-order valence-corrected chi connectivity index (χ0v) is 29.0. The molecule has 3 aliphatic heterocycles. The summed E-state index contributed by atoms with van der Waals surface area (Å²) >= 11 is 6.29. The lowest BCUT2D eigenvalue weighted by Gasteiger charge is -2.37. The van der Waals surface area contributed by atoms with Crippen molar-refractivity contribution in [3.8, 4) is 0 Å². The maximum atomic E-state index is 13.8. The summed E-state index contributed by atoms with van der Waals surface area (Å²) < 4.78 is 68.9. The minimum absolute atomic E-state index is 0.127. The van der Waals surface area contributed by atoms with Crippen molar-refractivity contribution in [3.63, 3.8) is 0 Å². The van der Waals surface area contributed by atoms with E-state index in [0.29, 0.717) is 39.7 Å².